The van der Waals surface area contributed by atoms with Crippen LogP contribution >= 0.6 is 23.2 Å². The normalized spacial score (nSPS) is 23.0. The molecule has 0 spiro atoms. The molecule has 4 nitrogen and oxygen atoms in total. The summed E-state index contributed by atoms with van der Waals surface area (Å²) in [6.45, 7) is 4.01. The van der Waals surface area contributed by atoms with E-state index in [1.807, 2.05) is 11.0 Å². The zero-order valence-electron chi connectivity index (χ0n) is 14.5. The molecule has 0 saturated carbocycles. The maximum Gasteiger partial charge on any atom is 0.227 e. The maximum atomic E-state index is 12.7. The van der Waals surface area contributed by atoms with Gasteiger partial charge in [0, 0.05) is 25.7 Å². The van der Waals surface area contributed by atoms with E-state index < -0.39 is 0 Å². The van der Waals surface area contributed by atoms with Gasteiger partial charge in [-0.2, -0.15) is 0 Å². The topological polar surface area (TPSA) is 43.8 Å². The predicted octanol–water partition coefficient (Wildman–Crippen LogP) is 3.23. The molecule has 25 heavy (non-hydrogen) atoms. The summed E-state index contributed by atoms with van der Waals surface area (Å²) in [7, 11) is 0. The average molecular weight is 385 g/mol. The molecule has 1 N–H and O–H groups in total. The van der Waals surface area contributed by atoms with E-state index in [-0.39, 0.29) is 5.91 Å². The van der Waals surface area contributed by atoms with Gasteiger partial charge in [0.2, 0.25) is 5.91 Å². The maximum absolute atomic E-state index is 12.7. The van der Waals surface area contributed by atoms with Crippen LogP contribution in [0.5, 0.6) is 0 Å². The van der Waals surface area contributed by atoms with Crippen molar-refractivity contribution in [3.63, 3.8) is 0 Å². The number of likely N-dealkylation sites (tertiary alicyclic amines) is 2. The third kappa shape index (κ3) is 4.88. The summed E-state index contributed by atoms with van der Waals surface area (Å²) >= 11 is 12.0. The van der Waals surface area contributed by atoms with Crippen LogP contribution in [0.2, 0.25) is 10.0 Å². The zero-order valence-corrected chi connectivity index (χ0v) is 16.0. The highest BCUT2D eigenvalue weighted by Gasteiger charge is 2.30. The Morgan fingerprint density at radius 1 is 1.12 bits per heavy atom. The van der Waals surface area contributed by atoms with E-state index in [0.29, 0.717) is 35.0 Å². The first-order chi connectivity index (χ1) is 12.1. The number of rotatable bonds is 4. The molecule has 2 aliphatic rings. The lowest BCUT2D eigenvalue weighted by Crippen LogP contribution is -2.52. The van der Waals surface area contributed by atoms with Gasteiger partial charge < -0.3 is 10.0 Å². The van der Waals surface area contributed by atoms with Crippen molar-refractivity contribution in [3.05, 3.63) is 33.8 Å². The predicted molar refractivity (Wildman–Crippen MR) is 101 cm³/mol. The standard InChI is InChI=1S/C19H26Cl2N2O2/c20-17-4-3-15(10-18(17)21)11-19(25)23-7-1-2-16(12-23)22-8-5-14(13-24)6-9-22/h3-4,10,14,16,24H,1-2,5-9,11-13H2. The summed E-state index contributed by atoms with van der Waals surface area (Å²) in [6, 6.07) is 5.85. The summed E-state index contributed by atoms with van der Waals surface area (Å²) < 4.78 is 0. The highest BCUT2D eigenvalue weighted by molar-refractivity contribution is 6.42. The molecule has 1 aromatic carbocycles. The Morgan fingerprint density at radius 2 is 1.88 bits per heavy atom. The molecule has 2 heterocycles. The molecule has 1 aromatic rings. The smallest absolute Gasteiger partial charge is 0.227 e. The molecular formula is C19H26Cl2N2O2. The van der Waals surface area contributed by atoms with Gasteiger partial charge in [0.25, 0.3) is 0 Å². The first kappa shape index (κ1) is 19.0. The molecule has 1 unspecified atom stereocenters. The number of hydrogen-bond donors (Lipinski definition) is 1. The van der Waals surface area contributed by atoms with Gasteiger partial charge in [-0.15, -0.1) is 0 Å². The Kier molecular flexibility index (Phi) is 6.61. The first-order valence-electron chi connectivity index (χ1n) is 9.13. The number of nitrogens with zero attached hydrogens (tertiary/aromatic N) is 2. The van der Waals surface area contributed by atoms with Crippen LogP contribution in [-0.4, -0.2) is 59.6 Å². The van der Waals surface area contributed by atoms with E-state index in [9.17, 15) is 9.90 Å². The molecule has 0 aliphatic carbocycles. The Labute approximate surface area is 159 Å². The molecule has 0 bridgehead atoms. The van der Waals surface area contributed by atoms with Crippen molar-refractivity contribution >= 4 is 29.1 Å². The van der Waals surface area contributed by atoms with Crippen LogP contribution < -0.4 is 0 Å². The SMILES string of the molecule is O=C(Cc1ccc(Cl)c(Cl)c1)N1CCCC(N2CCC(CO)CC2)C1. The number of carbonyl (C=O) groups is 1. The molecule has 2 fully saturated rings. The molecule has 1 atom stereocenters. The fourth-order valence-corrected chi connectivity index (χ4v) is 4.24. The fraction of sp³-hybridized carbons (Fsp3) is 0.632. The summed E-state index contributed by atoms with van der Waals surface area (Å²) in [5.74, 6) is 0.612. The number of benzene rings is 1. The van der Waals surface area contributed by atoms with Gasteiger partial charge in [0.05, 0.1) is 16.5 Å². The Hall–Kier alpha value is -0.810. The van der Waals surface area contributed by atoms with E-state index in [4.69, 9.17) is 23.2 Å². The quantitative estimate of drug-likeness (QED) is 0.866. The Morgan fingerprint density at radius 3 is 2.56 bits per heavy atom. The summed E-state index contributed by atoms with van der Waals surface area (Å²) in [6.07, 6.45) is 4.70. The van der Waals surface area contributed by atoms with Crippen LogP contribution in [0.15, 0.2) is 18.2 Å². The fourth-order valence-electron chi connectivity index (χ4n) is 3.92. The lowest BCUT2D eigenvalue weighted by atomic mass is 9.94. The van der Waals surface area contributed by atoms with E-state index >= 15 is 0 Å². The second-order valence-corrected chi connectivity index (χ2v) is 8.04. The molecule has 2 aliphatic heterocycles. The van der Waals surface area contributed by atoms with Gasteiger partial charge in [-0.05, 0) is 62.4 Å². The minimum atomic E-state index is 0.160. The van der Waals surface area contributed by atoms with Crippen molar-refractivity contribution in [2.75, 3.05) is 32.8 Å². The number of hydrogen-bond acceptors (Lipinski definition) is 3. The van der Waals surface area contributed by atoms with Gasteiger partial charge in [0.1, 0.15) is 0 Å². The van der Waals surface area contributed by atoms with Crippen molar-refractivity contribution in [1.82, 2.24) is 9.80 Å². The molecule has 3 rings (SSSR count). The van der Waals surface area contributed by atoms with Crippen molar-refractivity contribution in [2.45, 2.75) is 38.1 Å². The van der Waals surface area contributed by atoms with Crippen molar-refractivity contribution < 1.29 is 9.90 Å². The molecule has 6 heteroatoms. The van der Waals surface area contributed by atoms with E-state index in [0.717, 1.165) is 57.4 Å². The highest BCUT2D eigenvalue weighted by Crippen LogP contribution is 2.25. The monoisotopic (exact) mass is 384 g/mol. The summed E-state index contributed by atoms with van der Waals surface area (Å²) in [4.78, 5) is 17.2. The minimum Gasteiger partial charge on any atom is -0.396 e. The first-order valence-corrected chi connectivity index (χ1v) is 9.89. The van der Waals surface area contributed by atoms with E-state index in [1.54, 1.807) is 12.1 Å². The zero-order chi connectivity index (χ0) is 17.8. The van der Waals surface area contributed by atoms with Crippen LogP contribution in [0.1, 0.15) is 31.2 Å². The molecule has 0 radical (unpaired) electrons. The number of piperidine rings is 2. The molecule has 1 amide bonds. The third-order valence-corrected chi connectivity index (χ3v) is 6.25. The van der Waals surface area contributed by atoms with E-state index in [1.165, 1.54) is 0 Å². The number of carbonyl (C=O) groups excluding carboxylic acids is 1. The minimum absolute atomic E-state index is 0.160. The average Bonchev–Trinajstić information content (AvgIpc) is 2.65. The van der Waals surface area contributed by atoms with Crippen LogP contribution in [0.3, 0.4) is 0 Å². The lowest BCUT2D eigenvalue weighted by molar-refractivity contribution is -0.132. The van der Waals surface area contributed by atoms with Gasteiger partial charge in [-0.1, -0.05) is 29.3 Å². The van der Waals surface area contributed by atoms with Gasteiger partial charge in [-0.25, -0.2) is 0 Å². The molecule has 2 saturated heterocycles. The van der Waals surface area contributed by atoms with Crippen LogP contribution in [0.25, 0.3) is 0 Å². The van der Waals surface area contributed by atoms with Crippen LogP contribution in [0, 0.1) is 5.92 Å². The highest BCUT2D eigenvalue weighted by atomic mass is 35.5. The van der Waals surface area contributed by atoms with Gasteiger partial charge >= 0.3 is 0 Å². The molecule has 0 aromatic heterocycles. The number of halogens is 2. The van der Waals surface area contributed by atoms with Crippen LogP contribution in [-0.2, 0) is 11.2 Å². The van der Waals surface area contributed by atoms with Crippen molar-refractivity contribution in [3.8, 4) is 0 Å². The number of aliphatic hydroxyl groups is 1. The number of amides is 1. The van der Waals surface area contributed by atoms with E-state index in [2.05, 4.69) is 4.90 Å². The lowest BCUT2D eigenvalue weighted by Gasteiger charge is -2.42. The van der Waals surface area contributed by atoms with Gasteiger partial charge in [-0.3, -0.25) is 9.69 Å². The Balaban J connectivity index is 1.55. The summed E-state index contributed by atoms with van der Waals surface area (Å²) in [5.41, 5.74) is 0.908. The van der Waals surface area contributed by atoms with Gasteiger partial charge in [0.15, 0.2) is 0 Å². The largest absolute Gasteiger partial charge is 0.396 e. The second kappa shape index (κ2) is 8.72. The van der Waals surface area contributed by atoms with Crippen molar-refractivity contribution in [2.24, 2.45) is 5.92 Å². The second-order valence-electron chi connectivity index (χ2n) is 7.22. The molecule has 138 valence electrons. The third-order valence-electron chi connectivity index (χ3n) is 5.51. The molecular weight excluding hydrogens is 359 g/mol. The number of aliphatic hydroxyl groups excluding tert-OH is 1. The van der Waals surface area contributed by atoms with Crippen molar-refractivity contribution in [1.29, 1.82) is 0 Å². The van der Waals surface area contributed by atoms with Crippen LogP contribution in [0.4, 0.5) is 0 Å². The summed E-state index contributed by atoms with van der Waals surface area (Å²) in [5, 5.41) is 10.3. The Bertz CT molecular complexity index is 603.